The monoisotopic (exact) mass is 326 g/mol. The lowest BCUT2D eigenvalue weighted by molar-refractivity contribution is 0.468. The number of likely N-dealkylation sites (N-methyl/N-ethyl adjacent to an activating group) is 1. The van der Waals surface area contributed by atoms with E-state index in [0.29, 0.717) is 10.0 Å². The second-order valence-electron chi connectivity index (χ2n) is 5.23. The molecule has 0 bridgehead atoms. The summed E-state index contributed by atoms with van der Waals surface area (Å²) in [6, 6.07) is 6.01. The molecule has 0 radical (unpaired) electrons. The third kappa shape index (κ3) is 4.19. The highest BCUT2D eigenvalue weighted by atomic mass is 35.5. The maximum absolute atomic E-state index is 6.11. The minimum absolute atomic E-state index is 0.105. The summed E-state index contributed by atoms with van der Waals surface area (Å²) in [7, 11) is 0. The minimum atomic E-state index is 0.105. The molecule has 0 aliphatic heterocycles. The second kappa shape index (κ2) is 7.25. The molecule has 4 nitrogen and oxygen atoms in total. The molecule has 0 amide bonds. The number of nitrogens with one attached hydrogen (secondary N) is 1. The van der Waals surface area contributed by atoms with Crippen molar-refractivity contribution in [1.82, 2.24) is 20.1 Å². The molecule has 1 aromatic heterocycles. The van der Waals surface area contributed by atoms with E-state index >= 15 is 0 Å². The van der Waals surface area contributed by atoms with E-state index in [1.165, 1.54) is 0 Å². The van der Waals surface area contributed by atoms with Crippen molar-refractivity contribution in [3.8, 4) is 0 Å². The normalized spacial score (nSPS) is 12.9. The van der Waals surface area contributed by atoms with Gasteiger partial charge in [0.2, 0.25) is 0 Å². The fourth-order valence-corrected chi connectivity index (χ4v) is 2.91. The maximum atomic E-state index is 6.11. The van der Waals surface area contributed by atoms with Crippen molar-refractivity contribution in [3.05, 3.63) is 46.0 Å². The molecule has 0 saturated heterocycles. The summed E-state index contributed by atoms with van der Waals surface area (Å²) in [5.74, 6) is 0.951. The lowest BCUT2D eigenvalue weighted by Crippen LogP contribution is -2.25. The number of hydrogen-bond donors (Lipinski definition) is 1. The molecular formula is C15H20Cl2N4. The molecule has 1 unspecified atom stereocenters. The van der Waals surface area contributed by atoms with Crippen molar-refractivity contribution >= 4 is 23.2 Å². The van der Waals surface area contributed by atoms with Gasteiger partial charge in [-0.25, -0.2) is 9.67 Å². The van der Waals surface area contributed by atoms with Gasteiger partial charge in [0.15, 0.2) is 0 Å². The predicted molar refractivity (Wildman–Crippen MR) is 87.0 cm³/mol. The molecule has 0 aliphatic carbocycles. The Kier molecular flexibility index (Phi) is 5.62. The lowest BCUT2D eigenvalue weighted by Gasteiger charge is -2.20. The standard InChI is InChI=1S/C15H20Cl2N4/c1-4-18-14(11-5-12(16)7-13(17)6-11)8-15-19-9-20-21(15)10(2)3/h5-7,9-10,14,18H,4,8H2,1-3H3. The molecule has 6 heteroatoms. The smallest absolute Gasteiger partial charge is 0.138 e. The van der Waals surface area contributed by atoms with Crippen molar-refractivity contribution in [2.24, 2.45) is 0 Å². The number of benzene rings is 1. The van der Waals surface area contributed by atoms with E-state index in [2.05, 4.69) is 36.2 Å². The van der Waals surface area contributed by atoms with Gasteiger partial charge < -0.3 is 5.32 Å². The first-order valence-electron chi connectivity index (χ1n) is 7.09. The molecule has 0 fully saturated rings. The summed E-state index contributed by atoms with van der Waals surface area (Å²) in [5, 5.41) is 9.03. The first kappa shape index (κ1) is 16.3. The average molecular weight is 327 g/mol. The third-order valence-corrected chi connectivity index (χ3v) is 3.70. The van der Waals surface area contributed by atoms with E-state index in [1.807, 2.05) is 16.8 Å². The van der Waals surface area contributed by atoms with Crippen molar-refractivity contribution in [2.75, 3.05) is 6.54 Å². The van der Waals surface area contributed by atoms with Gasteiger partial charge in [-0.3, -0.25) is 0 Å². The van der Waals surface area contributed by atoms with Crippen LogP contribution in [-0.4, -0.2) is 21.3 Å². The molecule has 1 aromatic carbocycles. The average Bonchev–Trinajstić information content (AvgIpc) is 2.85. The van der Waals surface area contributed by atoms with Gasteiger partial charge in [0.1, 0.15) is 12.2 Å². The van der Waals surface area contributed by atoms with Crippen LogP contribution in [0.5, 0.6) is 0 Å². The quantitative estimate of drug-likeness (QED) is 0.870. The van der Waals surface area contributed by atoms with Crippen LogP contribution in [0.25, 0.3) is 0 Å². The van der Waals surface area contributed by atoms with Gasteiger partial charge in [0, 0.05) is 28.5 Å². The van der Waals surface area contributed by atoms with Crippen LogP contribution in [0.1, 0.15) is 44.2 Å². The first-order valence-corrected chi connectivity index (χ1v) is 7.84. The first-order chi connectivity index (χ1) is 10.0. The molecule has 114 valence electrons. The van der Waals surface area contributed by atoms with Gasteiger partial charge in [-0.15, -0.1) is 0 Å². The van der Waals surface area contributed by atoms with E-state index < -0.39 is 0 Å². The predicted octanol–water partition coefficient (Wildman–Crippen LogP) is 4.06. The summed E-state index contributed by atoms with van der Waals surface area (Å²) < 4.78 is 1.94. The lowest BCUT2D eigenvalue weighted by atomic mass is 10.0. The zero-order valence-corrected chi connectivity index (χ0v) is 14.0. The number of hydrogen-bond acceptors (Lipinski definition) is 3. The molecular weight excluding hydrogens is 307 g/mol. The molecule has 0 aliphatic rings. The van der Waals surface area contributed by atoms with Crippen molar-refractivity contribution in [1.29, 1.82) is 0 Å². The molecule has 2 aromatic rings. The molecule has 0 spiro atoms. The molecule has 1 atom stereocenters. The van der Waals surface area contributed by atoms with Gasteiger partial charge in [-0.05, 0) is 44.2 Å². The molecule has 1 heterocycles. The van der Waals surface area contributed by atoms with E-state index in [4.69, 9.17) is 23.2 Å². The molecule has 21 heavy (non-hydrogen) atoms. The highest BCUT2D eigenvalue weighted by molar-refractivity contribution is 6.34. The fourth-order valence-electron chi connectivity index (χ4n) is 2.36. The van der Waals surface area contributed by atoms with Crippen molar-refractivity contribution < 1.29 is 0 Å². The number of halogens is 2. The Bertz CT molecular complexity index is 575. The van der Waals surface area contributed by atoms with Crippen LogP contribution in [-0.2, 0) is 6.42 Å². The Morgan fingerprint density at radius 1 is 1.19 bits per heavy atom. The fraction of sp³-hybridized carbons (Fsp3) is 0.467. The number of aromatic nitrogens is 3. The largest absolute Gasteiger partial charge is 0.310 e. The van der Waals surface area contributed by atoms with E-state index in [0.717, 1.165) is 24.4 Å². The van der Waals surface area contributed by atoms with Crippen LogP contribution in [0.15, 0.2) is 24.5 Å². The highest BCUT2D eigenvalue weighted by Crippen LogP contribution is 2.25. The Morgan fingerprint density at radius 2 is 1.86 bits per heavy atom. The van der Waals surface area contributed by atoms with E-state index in [-0.39, 0.29) is 12.1 Å². The highest BCUT2D eigenvalue weighted by Gasteiger charge is 2.17. The van der Waals surface area contributed by atoms with Gasteiger partial charge in [-0.2, -0.15) is 5.10 Å². The Labute approximate surface area is 135 Å². The summed E-state index contributed by atoms with van der Waals surface area (Å²) in [6.45, 7) is 7.12. The summed E-state index contributed by atoms with van der Waals surface area (Å²) in [6.07, 6.45) is 2.34. The van der Waals surface area contributed by atoms with Crippen LogP contribution < -0.4 is 5.32 Å². The van der Waals surface area contributed by atoms with Gasteiger partial charge >= 0.3 is 0 Å². The van der Waals surface area contributed by atoms with Crippen LogP contribution in [0.4, 0.5) is 0 Å². The Hall–Kier alpha value is -1.10. The van der Waals surface area contributed by atoms with Crippen LogP contribution in [0.3, 0.4) is 0 Å². The third-order valence-electron chi connectivity index (χ3n) is 3.26. The van der Waals surface area contributed by atoms with E-state index in [9.17, 15) is 0 Å². The maximum Gasteiger partial charge on any atom is 0.138 e. The summed E-state index contributed by atoms with van der Waals surface area (Å²) in [5.41, 5.74) is 1.06. The Balaban J connectivity index is 2.28. The van der Waals surface area contributed by atoms with Crippen LogP contribution in [0.2, 0.25) is 10.0 Å². The SMILES string of the molecule is CCNC(Cc1ncnn1C(C)C)c1cc(Cl)cc(Cl)c1. The van der Waals surface area contributed by atoms with Crippen LogP contribution >= 0.6 is 23.2 Å². The molecule has 0 saturated carbocycles. The summed E-state index contributed by atoms with van der Waals surface area (Å²) in [4.78, 5) is 4.38. The molecule has 2 rings (SSSR count). The van der Waals surface area contributed by atoms with Gasteiger partial charge in [0.25, 0.3) is 0 Å². The topological polar surface area (TPSA) is 42.7 Å². The zero-order valence-electron chi connectivity index (χ0n) is 12.5. The second-order valence-corrected chi connectivity index (χ2v) is 6.10. The Morgan fingerprint density at radius 3 is 2.43 bits per heavy atom. The minimum Gasteiger partial charge on any atom is -0.310 e. The number of rotatable bonds is 6. The number of nitrogens with zero attached hydrogens (tertiary/aromatic N) is 3. The van der Waals surface area contributed by atoms with Gasteiger partial charge in [-0.1, -0.05) is 30.1 Å². The van der Waals surface area contributed by atoms with Crippen LogP contribution in [0, 0.1) is 0 Å². The molecule has 1 N–H and O–H groups in total. The summed E-state index contributed by atoms with van der Waals surface area (Å²) >= 11 is 12.2. The van der Waals surface area contributed by atoms with Crippen molar-refractivity contribution in [3.63, 3.8) is 0 Å². The van der Waals surface area contributed by atoms with Gasteiger partial charge in [0.05, 0.1) is 0 Å². The zero-order chi connectivity index (χ0) is 15.4. The van der Waals surface area contributed by atoms with E-state index in [1.54, 1.807) is 12.4 Å². The van der Waals surface area contributed by atoms with Crippen molar-refractivity contribution in [2.45, 2.75) is 39.3 Å².